The second-order valence-electron chi connectivity index (χ2n) is 3.83. The van der Waals surface area contributed by atoms with E-state index in [9.17, 15) is 4.79 Å². The summed E-state index contributed by atoms with van der Waals surface area (Å²) in [5.74, 6) is 0.985. The van der Waals surface area contributed by atoms with E-state index in [0.717, 1.165) is 18.6 Å². The van der Waals surface area contributed by atoms with Crippen LogP contribution in [0.4, 0.5) is 0 Å². The summed E-state index contributed by atoms with van der Waals surface area (Å²) in [6.45, 7) is 0. The van der Waals surface area contributed by atoms with Crippen molar-refractivity contribution in [3.8, 4) is 0 Å². The fourth-order valence-corrected chi connectivity index (χ4v) is 3.27. The number of fused-ring (bicyclic) bond motifs is 1. The van der Waals surface area contributed by atoms with Crippen LogP contribution in [0.2, 0.25) is 0 Å². The smallest absolute Gasteiger partial charge is 0.303 e. The van der Waals surface area contributed by atoms with Gasteiger partial charge in [0.25, 0.3) is 0 Å². The minimum absolute atomic E-state index is 0.295. The fourth-order valence-electron chi connectivity index (χ4n) is 1.97. The Hall–Kier alpha value is -0.960. The summed E-state index contributed by atoms with van der Waals surface area (Å²) in [6, 6.07) is 8.44. The predicted molar refractivity (Wildman–Crippen MR) is 61.4 cm³/mol. The number of carboxylic acid groups (broad SMARTS) is 1. The molecule has 0 aromatic heterocycles. The summed E-state index contributed by atoms with van der Waals surface area (Å²) in [7, 11) is 0. The van der Waals surface area contributed by atoms with Crippen LogP contribution in [0.5, 0.6) is 0 Å². The molecular weight excluding hydrogens is 208 g/mol. The number of aliphatic carboxylic acids is 1. The number of hydrogen-bond acceptors (Lipinski definition) is 2. The highest BCUT2D eigenvalue weighted by Gasteiger charge is 2.22. The first-order chi connectivity index (χ1) is 7.27. The van der Waals surface area contributed by atoms with Gasteiger partial charge in [-0.3, -0.25) is 4.79 Å². The quantitative estimate of drug-likeness (QED) is 0.850. The summed E-state index contributed by atoms with van der Waals surface area (Å²) in [6.07, 6.45) is 2.08. The summed E-state index contributed by atoms with van der Waals surface area (Å²) in [5, 5.41) is 8.58. The Morgan fingerprint density at radius 2 is 2.27 bits per heavy atom. The molecule has 0 bridgehead atoms. The monoisotopic (exact) mass is 222 g/mol. The van der Waals surface area contributed by atoms with Crippen LogP contribution < -0.4 is 0 Å². The van der Waals surface area contributed by atoms with Gasteiger partial charge >= 0.3 is 5.97 Å². The van der Waals surface area contributed by atoms with Crippen molar-refractivity contribution in [1.82, 2.24) is 0 Å². The second kappa shape index (κ2) is 4.71. The van der Waals surface area contributed by atoms with Crippen LogP contribution in [0, 0.1) is 0 Å². The van der Waals surface area contributed by atoms with Crippen molar-refractivity contribution < 1.29 is 9.90 Å². The van der Waals surface area contributed by atoms with Gasteiger partial charge in [-0.2, -0.15) is 0 Å². The fraction of sp³-hybridized carbons (Fsp3) is 0.417. The molecule has 1 N–H and O–H groups in total. The third-order valence-corrected chi connectivity index (χ3v) is 3.99. The molecule has 15 heavy (non-hydrogen) atoms. The molecule has 0 fully saturated rings. The molecule has 1 aliphatic heterocycles. The topological polar surface area (TPSA) is 37.3 Å². The van der Waals surface area contributed by atoms with Crippen molar-refractivity contribution in [3.05, 3.63) is 29.8 Å². The Bertz CT molecular complexity index is 362. The Morgan fingerprint density at radius 1 is 1.47 bits per heavy atom. The molecular formula is C12H14O2S. The number of rotatable bonds is 4. The minimum Gasteiger partial charge on any atom is -0.481 e. The van der Waals surface area contributed by atoms with E-state index in [2.05, 4.69) is 24.3 Å². The number of hydrogen-bond donors (Lipinski definition) is 1. The molecule has 80 valence electrons. The van der Waals surface area contributed by atoms with Gasteiger partial charge in [-0.05, 0) is 30.4 Å². The average molecular weight is 222 g/mol. The molecule has 2 rings (SSSR count). The molecule has 3 heteroatoms. The summed E-state index contributed by atoms with van der Waals surface area (Å²) in [5.41, 5.74) is 1.41. The first kappa shape index (κ1) is 10.6. The van der Waals surface area contributed by atoms with Crippen molar-refractivity contribution in [3.63, 3.8) is 0 Å². The van der Waals surface area contributed by atoms with Gasteiger partial charge in [0.05, 0.1) is 0 Å². The Labute approximate surface area is 93.7 Å². The van der Waals surface area contributed by atoms with Crippen molar-refractivity contribution in [2.75, 3.05) is 5.75 Å². The highest BCUT2D eigenvalue weighted by molar-refractivity contribution is 7.99. The first-order valence-corrected chi connectivity index (χ1v) is 6.19. The van der Waals surface area contributed by atoms with Crippen molar-refractivity contribution >= 4 is 17.7 Å². The Morgan fingerprint density at radius 3 is 3.07 bits per heavy atom. The van der Waals surface area contributed by atoms with Crippen LogP contribution in [0.15, 0.2) is 29.2 Å². The predicted octanol–water partition coefficient (Wildman–Crippen LogP) is 3.13. The molecule has 2 nitrogen and oxygen atoms in total. The van der Waals surface area contributed by atoms with E-state index in [0.29, 0.717) is 12.3 Å². The zero-order valence-corrected chi connectivity index (χ0v) is 9.30. The van der Waals surface area contributed by atoms with Crippen LogP contribution >= 0.6 is 11.8 Å². The molecule has 0 aliphatic carbocycles. The van der Waals surface area contributed by atoms with Crippen LogP contribution in [0.3, 0.4) is 0 Å². The van der Waals surface area contributed by atoms with Gasteiger partial charge < -0.3 is 5.11 Å². The van der Waals surface area contributed by atoms with E-state index >= 15 is 0 Å². The minimum atomic E-state index is -0.686. The maximum atomic E-state index is 10.4. The lowest BCUT2D eigenvalue weighted by Gasteiger charge is -2.08. The highest BCUT2D eigenvalue weighted by atomic mass is 32.2. The molecule has 0 amide bonds. The van der Waals surface area contributed by atoms with Gasteiger partial charge in [0.1, 0.15) is 0 Å². The van der Waals surface area contributed by atoms with Crippen LogP contribution in [0.1, 0.15) is 30.7 Å². The second-order valence-corrected chi connectivity index (χ2v) is 4.89. The van der Waals surface area contributed by atoms with Gasteiger partial charge in [-0.1, -0.05) is 18.2 Å². The van der Waals surface area contributed by atoms with Crippen molar-refractivity contribution in [1.29, 1.82) is 0 Å². The number of carbonyl (C=O) groups is 1. The summed E-state index contributed by atoms with van der Waals surface area (Å²) >= 11 is 1.89. The Kier molecular flexibility index (Phi) is 3.31. The van der Waals surface area contributed by atoms with E-state index in [-0.39, 0.29) is 0 Å². The van der Waals surface area contributed by atoms with E-state index in [1.165, 1.54) is 10.5 Å². The molecule has 1 unspecified atom stereocenters. The largest absolute Gasteiger partial charge is 0.481 e. The highest BCUT2D eigenvalue weighted by Crippen LogP contribution is 2.41. The van der Waals surface area contributed by atoms with Crippen LogP contribution in [0.25, 0.3) is 0 Å². The zero-order chi connectivity index (χ0) is 10.7. The van der Waals surface area contributed by atoms with E-state index in [4.69, 9.17) is 5.11 Å². The average Bonchev–Trinajstić information content (AvgIpc) is 2.62. The lowest BCUT2D eigenvalue weighted by molar-refractivity contribution is -0.137. The SMILES string of the molecule is O=C(O)CCCC1CSc2ccccc21. The first-order valence-electron chi connectivity index (χ1n) is 5.21. The number of benzene rings is 1. The van der Waals surface area contributed by atoms with E-state index in [1.807, 2.05) is 11.8 Å². The third-order valence-electron chi connectivity index (χ3n) is 2.74. The molecule has 1 atom stereocenters. The number of thioether (sulfide) groups is 1. The van der Waals surface area contributed by atoms with Crippen LogP contribution in [-0.2, 0) is 4.79 Å². The lowest BCUT2D eigenvalue weighted by Crippen LogP contribution is -2.00. The molecule has 0 saturated carbocycles. The van der Waals surface area contributed by atoms with Gasteiger partial charge in [-0.25, -0.2) is 0 Å². The zero-order valence-electron chi connectivity index (χ0n) is 8.48. The molecule has 1 heterocycles. The molecule has 1 aliphatic rings. The van der Waals surface area contributed by atoms with Gasteiger partial charge in [0.15, 0.2) is 0 Å². The van der Waals surface area contributed by atoms with Crippen molar-refractivity contribution in [2.24, 2.45) is 0 Å². The van der Waals surface area contributed by atoms with Crippen molar-refractivity contribution in [2.45, 2.75) is 30.1 Å². The lowest BCUT2D eigenvalue weighted by atomic mass is 9.96. The normalized spacial score (nSPS) is 18.8. The molecule has 0 spiro atoms. The van der Waals surface area contributed by atoms with Gasteiger partial charge in [0, 0.05) is 17.1 Å². The Balaban J connectivity index is 1.93. The maximum Gasteiger partial charge on any atom is 0.303 e. The third kappa shape index (κ3) is 2.53. The van der Waals surface area contributed by atoms with E-state index in [1.54, 1.807) is 0 Å². The van der Waals surface area contributed by atoms with E-state index < -0.39 is 5.97 Å². The molecule has 1 aromatic carbocycles. The molecule has 0 radical (unpaired) electrons. The maximum absolute atomic E-state index is 10.4. The standard InChI is InChI=1S/C12H14O2S/c13-12(14)7-3-4-9-8-15-11-6-2-1-5-10(9)11/h1-2,5-6,9H,3-4,7-8H2,(H,13,14). The molecule has 1 aromatic rings. The summed E-state index contributed by atoms with van der Waals surface area (Å²) < 4.78 is 0. The molecule has 0 saturated heterocycles. The summed E-state index contributed by atoms with van der Waals surface area (Å²) in [4.78, 5) is 11.8. The van der Waals surface area contributed by atoms with Gasteiger partial charge in [-0.15, -0.1) is 11.8 Å². The van der Waals surface area contributed by atoms with Crippen LogP contribution in [-0.4, -0.2) is 16.8 Å². The number of carboxylic acids is 1. The van der Waals surface area contributed by atoms with Gasteiger partial charge in [0.2, 0.25) is 0 Å².